The van der Waals surface area contributed by atoms with Gasteiger partial charge < -0.3 is 15.2 Å². The molecule has 0 spiro atoms. The SMILES string of the molecule is CN=C(NCc1c(C)noc1C)NCC1CC1(C)C. The first kappa shape index (κ1) is 13.9. The molecule has 0 saturated heterocycles. The van der Waals surface area contributed by atoms with E-state index < -0.39 is 0 Å². The van der Waals surface area contributed by atoms with Gasteiger partial charge in [-0.2, -0.15) is 0 Å². The average Bonchev–Trinajstić information content (AvgIpc) is 2.85. The first-order chi connectivity index (χ1) is 8.94. The molecule has 0 amide bonds. The van der Waals surface area contributed by atoms with Crippen LogP contribution < -0.4 is 10.6 Å². The van der Waals surface area contributed by atoms with Gasteiger partial charge in [0.15, 0.2) is 5.96 Å². The lowest BCUT2D eigenvalue weighted by Gasteiger charge is -2.12. The Balaban J connectivity index is 1.80. The van der Waals surface area contributed by atoms with Gasteiger partial charge >= 0.3 is 0 Å². The molecule has 106 valence electrons. The van der Waals surface area contributed by atoms with Crippen molar-refractivity contribution in [3.05, 3.63) is 17.0 Å². The predicted molar refractivity (Wildman–Crippen MR) is 76.1 cm³/mol. The molecule has 2 N–H and O–H groups in total. The molecule has 5 nitrogen and oxygen atoms in total. The monoisotopic (exact) mass is 264 g/mol. The molecule has 5 heteroatoms. The smallest absolute Gasteiger partial charge is 0.191 e. The molecular formula is C14H24N4O. The van der Waals surface area contributed by atoms with E-state index >= 15 is 0 Å². The third-order valence-electron chi connectivity index (χ3n) is 4.07. The summed E-state index contributed by atoms with van der Waals surface area (Å²) in [6.45, 7) is 10.2. The molecule has 1 saturated carbocycles. The maximum Gasteiger partial charge on any atom is 0.191 e. The topological polar surface area (TPSA) is 62.5 Å². The third kappa shape index (κ3) is 3.28. The van der Waals surface area contributed by atoms with E-state index in [1.54, 1.807) is 7.05 Å². The number of nitrogens with zero attached hydrogens (tertiary/aromatic N) is 2. The predicted octanol–water partition coefficient (Wildman–Crippen LogP) is 2.00. The number of aromatic nitrogens is 1. The Morgan fingerprint density at radius 3 is 2.58 bits per heavy atom. The van der Waals surface area contributed by atoms with Gasteiger partial charge in [0.05, 0.1) is 5.69 Å². The number of rotatable bonds is 4. The normalized spacial score (nSPS) is 21.3. The first-order valence-corrected chi connectivity index (χ1v) is 6.80. The van der Waals surface area contributed by atoms with Gasteiger partial charge in [0, 0.05) is 25.7 Å². The number of nitrogens with one attached hydrogen (secondary N) is 2. The standard InChI is InChI=1S/C14H24N4O/c1-9-12(10(2)19-18-9)8-17-13(15-5)16-7-11-6-14(11,3)4/h11H,6-8H2,1-5H3,(H2,15,16,17). The second-order valence-corrected chi connectivity index (χ2v) is 6.00. The number of aryl methyl sites for hydroxylation is 2. The summed E-state index contributed by atoms with van der Waals surface area (Å²) in [5, 5.41) is 10.6. The van der Waals surface area contributed by atoms with E-state index in [0.29, 0.717) is 12.0 Å². The Kier molecular flexibility index (Phi) is 3.83. The molecule has 2 rings (SSSR count). The number of guanidine groups is 1. The fourth-order valence-corrected chi connectivity index (χ4v) is 2.29. The molecule has 1 unspecified atom stereocenters. The van der Waals surface area contributed by atoms with Gasteiger partial charge in [-0.05, 0) is 31.6 Å². The van der Waals surface area contributed by atoms with Gasteiger partial charge in [0.25, 0.3) is 0 Å². The third-order valence-corrected chi connectivity index (χ3v) is 4.07. The lowest BCUT2D eigenvalue weighted by molar-refractivity contribution is 0.392. The molecule has 1 aromatic heterocycles. The highest BCUT2D eigenvalue weighted by molar-refractivity contribution is 5.79. The van der Waals surface area contributed by atoms with E-state index in [2.05, 4.69) is 34.6 Å². The molecular weight excluding hydrogens is 240 g/mol. The minimum Gasteiger partial charge on any atom is -0.361 e. The lowest BCUT2D eigenvalue weighted by Crippen LogP contribution is -2.38. The largest absolute Gasteiger partial charge is 0.361 e. The van der Waals surface area contributed by atoms with E-state index in [1.807, 2.05) is 13.8 Å². The van der Waals surface area contributed by atoms with Crippen LogP contribution in [0.2, 0.25) is 0 Å². The summed E-state index contributed by atoms with van der Waals surface area (Å²) in [5.41, 5.74) is 2.53. The van der Waals surface area contributed by atoms with Crippen LogP contribution in [0.15, 0.2) is 9.52 Å². The van der Waals surface area contributed by atoms with Crippen molar-refractivity contribution in [3.63, 3.8) is 0 Å². The van der Waals surface area contributed by atoms with Crippen molar-refractivity contribution in [2.45, 2.75) is 40.7 Å². The van der Waals surface area contributed by atoms with Crippen molar-refractivity contribution in [1.82, 2.24) is 15.8 Å². The van der Waals surface area contributed by atoms with Gasteiger partial charge in [-0.25, -0.2) is 0 Å². The molecule has 1 fully saturated rings. The second-order valence-electron chi connectivity index (χ2n) is 6.00. The Morgan fingerprint density at radius 2 is 2.11 bits per heavy atom. The summed E-state index contributed by atoms with van der Waals surface area (Å²) >= 11 is 0. The molecule has 0 bridgehead atoms. The second kappa shape index (κ2) is 5.23. The summed E-state index contributed by atoms with van der Waals surface area (Å²) in [5.74, 6) is 2.46. The van der Waals surface area contributed by atoms with Gasteiger partial charge in [0.2, 0.25) is 0 Å². The quantitative estimate of drug-likeness (QED) is 0.645. The Morgan fingerprint density at radius 1 is 1.42 bits per heavy atom. The van der Waals surface area contributed by atoms with Crippen LogP contribution in [-0.4, -0.2) is 24.7 Å². The van der Waals surface area contributed by atoms with Crippen LogP contribution in [0.5, 0.6) is 0 Å². The van der Waals surface area contributed by atoms with Crippen molar-refractivity contribution < 1.29 is 4.52 Å². The van der Waals surface area contributed by atoms with Gasteiger partial charge in [0.1, 0.15) is 5.76 Å². The van der Waals surface area contributed by atoms with Crippen LogP contribution in [0.4, 0.5) is 0 Å². The highest BCUT2D eigenvalue weighted by atomic mass is 16.5. The Hall–Kier alpha value is -1.52. The maximum atomic E-state index is 5.15. The minimum atomic E-state index is 0.494. The molecule has 1 atom stereocenters. The van der Waals surface area contributed by atoms with Gasteiger partial charge in [-0.1, -0.05) is 19.0 Å². The molecule has 0 aromatic carbocycles. The number of aliphatic imine (C=N–C) groups is 1. The molecule has 19 heavy (non-hydrogen) atoms. The zero-order valence-electron chi connectivity index (χ0n) is 12.5. The summed E-state index contributed by atoms with van der Waals surface area (Å²) in [6, 6.07) is 0. The van der Waals surface area contributed by atoms with Crippen LogP contribution in [-0.2, 0) is 6.54 Å². The summed E-state index contributed by atoms with van der Waals surface area (Å²) in [7, 11) is 1.79. The van der Waals surface area contributed by atoms with Gasteiger partial charge in [-0.15, -0.1) is 0 Å². The van der Waals surface area contributed by atoms with E-state index in [1.165, 1.54) is 6.42 Å². The van der Waals surface area contributed by atoms with Gasteiger partial charge in [-0.3, -0.25) is 4.99 Å². The van der Waals surface area contributed by atoms with E-state index in [-0.39, 0.29) is 0 Å². The van der Waals surface area contributed by atoms with Crippen LogP contribution in [0.3, 0.4) is 0 Å². The average molecular weight is 264 g/mol. The van der Waals surface area contributed by atoms with Crippen molar-refractivity contribution in [2.24, 2.45) is 16.3 Å². The van der Waals surface area contributed by atoms with Crippen molar-refractivity contribution in [1.29, 1.82) is 0 Å². The Labute approximate surface area is 114 Å². The van der Waals surface area contributed by atoms with Crippen LogP contribution in [0.1, 0.15) is 37.3 Å². The zero-order valence-corrected chi connectivity index (χ0v) is 12.5. The van der Waals surface area contributed by atoms with Crippen LogP contribution >= 0.6 is 0 Å². The summed E-state index contributed by atoms with van der Waals surface area (Å²) in [4.78, 5) is 4.24. The molecule has 1 aliphatic rings. The summed E-state index contributed by atoms with van der Waals surface area (Å²) < 4.78 is 5.15. The zero-order chi connectivity index (χ0) is 14.0. The van der Waals surface area contributed by atoms with Crippen LogP contribution in [0.25, 0.3) is 0 Å². The summed E-state index contributed by atoms with van der Waals surface area (Å²) in [6.07, 6.45) is 1.29. The van der Waals surface area contributed by atoms with Crippen molar-refractivity contribution in [2.75, 3.05) is 13.6 Å². The molecule has 0 aliphatic heterocycles. The number of hydrogen-bond acceptors (Lipinski definition) is 3. The molecule has 0 radical (unpaired) electrons. The molecule has 1 heterocycles. The molecule has 1 aliphatic carbocycles. The van der Waals surface area contributed by atoms with Crippen molar-refractivity contribution >= 4 is 5.96 Å². The van der Waals surface area contributed by atoms with Crippen LogP contribution in [0, 0.1) is 25.2 Å². The highest BCUT2D eigenvalue weighted by Gasteiger charge is 2.45. The van der Waals surface area contributed by atoms with Crippen molar-refractivity contribution in [3.8, 4) is 0 Å². The first-order valence-electron chi connectivity index (χ1n) is 6.80. The Bertz CT molecular complexity index is 456. The lowest BCUT2D eigenvalue weighted by atomic mass is 10.1. The van der Waals surface area contributed by atoms with E-state index in [4.69, 9.17) is 4.52 Å². The number of hydrogen-bond donors (Lipinski definition) is 2. The fraction of sp³-hybridized carbons (Fsp3) is 0.714. The minimum absolute atomic E-state index is 0.494. The highest BCUT2D eigenvalue weighted by Crippen LogP contribution is 2.50. The molecule has 1 aromatic rings. The van der Waals surface area contributed by atoms with E-state index in [9.17, 15) is 0 Å². The maximum absolute atomic E-state index is 5.15. The fourth-order valence-electron chi connectivity index (χ4n) is 2.29. The van der Waals surface area contributed by atoms with E-state index in [0.717, 1.165) is 35.4 Å².